The Balaban J connectivity index is 2.73. The van der Waals surface area contributed by atoms with E-state index in [1.165, 1.54) is 31.2 Å². The molecule has 0 aromatic carbocycles. The number of hydrogen-bond donors (Lipinski definition) is 1. The van der Waals surface area contributed by atoms with Gasteiger partial charge >= 0.3 is 0 Å². The molecule has 0 fully saturated rings. The second-order valence-electron chi connectivity index (χ2n) is 4.79. The second-order valence-corrected chi connectivity index (χ2v) is 4.79. The number of rotatable bonds is 7. The third-order valence-corrected chi connectivity index (χ3v) is 3.05. The van der Waals surface area contributed by atoms with Gasteiger partial charge in [0.2, 0.25) is 0 Å². The average Bonchev–Trinajstić information content (AvgIpc) is 2.27. The smallest absolute Gasteiger partial charge is 0.0379 e. The summed E-state index contributed by atoms with van der Waals surface area (Å²) in [5.74, 6) is 0. The highest BCUT2D eigenvalue weighted by Crippen LogP contribution is 2.21. The van der Waals surface area contributed by atoms with Crippen LogP contribution in [0, 0.1) is 13.8 Å². The molecule has 0 aliphatic heterocycles. The summed E-state index contributed by atoms with van der Waals surface area (Å²) in [5, 5.41) is 3.58. The molecule has 1 atom stereocenters. The first-order valence-corrected chi connectivity index (χ1v) is 6.86. The predicted octanol–water partition coefficient (Wildman–Crippen LogP) is 3.93. The third kappa shape index (κ3) is 4.86. The van der Waals surface area contributed by atoms with Gasteiger partial charge in [0.25, 0.3) is 0 Å². The Morgan fingerprint density at radius 2 is 1.76 bits per heavy atom. The number of hydrogen-bond acceptors (Lipinski definition) is 2. The van der Waals surface area contributed by atoms with Crippen LogP contribution in [-0.2, 0) is 0 Å². The summed E-state index contributed by atoms with van der Waals surface area (Å²) in [4.78, 5) is 4.45. The number of pyridine rings is 1. The number of unbranched alkanes of at least 4 members (excludes halogenated alkanes) is 2. The maximum Gasteiger partial charge on any atom is 0.0379 e. The lowest BCUT2D eigenvalue weighted by atomic mass is 10.00. The quantitative estimate of drug-likeness (QED) is 0.723. The van der Waals surface area contributed by atoms with Crippen LogP contribution >= 0.6 is 0 Å². The first-order valence-electron chi connectivity index (χ1n) is 6.86. The van der Waals surface area contributed by atoms with Crippen molar-refractivity contribution in [3.05, 3.63) is 29.1 Å². The van der Waals surface area contributed by atoms with Gasteiger partial charge in [-0.15, -0.1) is 0 Å². The summed E-state index contributed by atoms with van der Waals surface area (Å²) in [6.45, 7) is 9.60. The predicted molar refractivity (Wildman–Crippen MR) is 74.3 cm³/mol. The normalized spacial score (nSPS) is 12.7. The molecule has 1 rings (SSSR count). The Hall–Kier alpha value is -0.890. The Morgan fingerprint density at radius 1 is 1.12 bits per heavy atom. The van der Waals surface area contributed by atoms with Gasteiger partial charge in [-0.25, -0.2) is 0 Å². The zero-order valence-corrected chi connectivity index (χ0v) is 11.7. The topological polar surface area (TPSA) is 24.9 Å². The Labute approximate surface area is 106 Å². The minimum Gasteiger partial charge on any atom is -0.310 e. The molecule has 96 valence electrons. The van der Waals surface area contributed by atoms with Crippen LogP contribution in [0.25, 0.3) is 0 Å². The minimum atomic E-state index is 0.493. The highest BCUT2D eigenvalue weighted by molar-refractivity contribution is 5.23. The molecule has 0 aliphatic carbocycles. The molecule has 0 bridgehead atoms. The molecule has 17 heavy (non-hydrogen) atoms. The van der Waals surface area contributed by atoms with Gasteiger partial charge in [-0.1, -0.05) is 33.1 Å². The maximum atomic E-state index is 4.45. The van der Waals surface area contributed by atoms with Crippen molar-refractivity contribution in [1.29, 1.82) is 0 Å². The van der Waals surface area contributed by atoms with E-state index in [9.17, 15) is 0 Å². The summed E-state index contributed by atoms with van der Waals surface area (Å²) in [5.41, 5.74) is 3.64. The van der Waals surface area contributed by atoms with E-state index in [4.69, 9.17) is 0 Å². The van der Waals surface area contributed by atoms with Crippen molar-refractivity contribution in [2.75, 3.05) is 6.54 Å². The van der Waals surface area contributed by atoms with Crippen LogP contribution < -0.4 is 5.32 Å². The standard InChI is InChI=1S/C15H26N2/c1-5-7-8-9-15(16-6-2)14-10-12(3)17-13(4)11-14/h10-11,15-16H,5-9H2,1-4H3. The molecule has 1 aromatic heterocycles. The lowest BCUT2D eigenvalue weighted by Crippen LogP contribution is -2.21. The van der Waals surface area contributed by atoms with E-state index >= 15 is 0 Å². The summed E-state index contributed by atoms with van der Waals surface area (Å²) in [6.07, 6.45) is 5.14. The van der Waals surface area contributed by atoms with Crippen molar-refractivity contribution >= 4 is 0 Å². The minimum absolute atomic E-state index is 0.493. The second kappa shape index (κ2) is 7.44. The molecule has 0 saturated carbocycles. The monoisotopic (exact) mass is 234 g/mol. The van der Waals surface area contributed by atoms with E-state index < -0.39 is 0 Å². The molecule has 1 aromatic rings. The van der Waals surface area contributed by atoms with Gasteiger partial charge in [-0.2, -0.15) is 0 Å². The molecule has 2 nitrogen and oxygen atoms in total. The molecular weight excluding hydrogens is 208 g/mol. The molecule has 1 unspecified atom stereocenters. The first-order chi connectivity index (χ1) is 8.17. The van der Waals surface area contributed by atoms with Crippen LogP contribution in [0.3, 0.4) is 0 Å². The zero-order chi connectivity index (χ0) is 12.7. The summed E-state index contributed by atoms with van der Waals surface area (Å²) >= 11 is 0. The van der Waals surface area contributed by atoms with Crippen molar-refractivity contribution in [2.45, 2.75) is 59.4 Å². The van der Waals surface area contributed by atoms with Crippen molar-refractivity contribution in [1.82, 2.24) is 10.3 Å². The van der Waals surface area contributed by atoms with Gasteiger partial charge in [0.05, 0.1) is 0 Å². The Morgan fingerprint density at radius 3 is 2.29 bits per heavy atom. The summed E-state index contributed by atoms with van der Waals surface area (Å²) in [7, 11) is 0. The van der Waals surface area contributed by atoms with E-state index in [-0.39, 0.29) is 0 Å². The maximum absolute atomic E-state index is 4.45. The molecule has 0 amide bonds. The van der Waals surface area contributed by atoms with E-state index in [1.807, 2.05) is 0 Å². The highest BCUT2D eigenvalue weighted by atomic mass is 14.9. The third-order valence-electron chi connectivity index (χ3n) is 3.05. The molecule has 2 heteroatoms. The zero-order valence-electron chi connectivity index (χ0n) is 11.7. The highest BCUT2D eigenvalue weighted by Gasteiger charge is 2.10. The van der Waals surface area contributed by atoms with Gasteiger partial charge in [-0.3, -0.25) is 4.98 Å². The van der Waals surface area contributed by atoms with Crippen LogP contribution in [0.4, 0.5) is 0 Å². The molecular formula is C15H26N2. The summed E-state index contributed by atoms with van der Waals surface area (Å²) in [6, 6.07) is 4.92. The van der Waals surface area contributed by atoms with Gasteiger partial charge in [0, 0.05) is 17.4 Å². The Bertz CT molecular complexity index is 313. The van der Waals surface area contributed by atoms with Crippen molar-refractivity contribution in [2.24, 2.45) is 0 Å². The first kappa shape index (κ1) is 14.2. The van der Waals surface area contributed by atoms with E-state index in [1.54, 1.807) is 0 Å². The van der Waals surface area contributed by atoms with Crippen molar-refractivity contribution in [3.8, 4) is 0 Å². The molecule has 0 radical (unpaired) electrons. The van der Waals surface area contributed by atoms with Crippen LogP contribution in [0.5, 0.6) is 0 Å². The summed E-state index contributed by atoms with van der Waals surface area (Å²) < 4.78 is 0. The van der Waals surface area contributed by atoms with Gasteiger partial charge in [-0.05, 0) is 44.5 Å². The van der Waals surface area contributed by atoms with Crippen LogP contribution in [0.1, 0.15) is 62.5 Å². The fourth-order valence-corrected chi connectivity index (χ4v) is 2.30. The van der Waals surface area contributed by atoms with Gasteiger partial charge in [0.15, 0.2) is 0 Å². The number of nitrogens with zero attached hydrogens (tertiary/aromatic N) is 1. The molecule has 1 heterocycles. The fraction of sp³-hybridized carbons (Fsp3) is 0.667. The number of aromatic nitrogens is 1. The van der Waals surface area contributed by atoms with E-state index in [2.05, 4.69) is 50.1 Å². The number of aryl methyl sites for hydroxylation is 2. The lowest BCUT2D eigenvalue weighted by molar-refractivity contribution is 0.485. The Kier molecular flexibility index (Phi) is 6.20. The van der Waals surface area contributed by atoms with Gasteiger partial charge in [0.1, 0.15) is 0 Å². The largest absolute Gasteiger partial charge is 0.310 e. The molecule has 0 spiro atoms. The fourth-order valence-electron chi connectivity index (χ4n) is 2.30. The molecule has 0 aliphatic rings. The average molecular weight is 234 g/mol. The van der Waals surface area contributed by atoms with Crippen LogP contribution in [-0.4, -0.2) is 11.5 Å². The van der Waals surface area contributed by atoms with Crippen LogP contribution in [0.15, 0.2) is 12.1 Å². The number of nitrogens with one attached hydrogen (secondary N) is 1. The lowest BCUT2D eigenvalue weighted by Gasteiger charge is -2.19. The van der Waals surface area contributed by atoms with Gasteiger partial charge < -0.3 is 5.32 Å². The van der Waals surface area contributed by atoms with E-state index in [0.29, 0.717) is 6.04 Å². The van der Waals surface area contributed by atoms with Crippen molar-refractivity contribution < 1.29 is 0 Å². The molecule has 0 saturated heterocycles. The van der Waals surface area contributed by atoms with Crippen molar-refractivity contribution in [3.63, 3.8) is 0 Å². The molecule has 1 N–H and O–H groups in total. The SMILES string of the molecule is CCCCCC(NCC)c1cc(C)nc(C)c1. The van der Waals surface area contributed by atoms with Crippen LogP contribution in [0.2, 0.25) is 0 Å². The van der Waals surface area contributed by atoms with E-state index in [0.717, 1.165) is 17.9 Å².